The highest BCUT2D eigenvalue weighted by atomic mass is 16.3. The van der Waals surface area contributed by atoms with Crippen LogP contribution in [0.15, 0.2) is 40.8 Å². The third kappa shape index (κ3) is 3.15. The summed E-state index contributed by atoms with van der Waals surface area (Å²) >= 11 is 0. The van der Waals surface area contributed by atoms with Gasteiger partial charge in [0.15, 0.2) is 5.70 Å². The van der Waals surface area contributed by atoms with Crippen molar-refractivity contribution in [1.29, 1.82) is 0 Å². The summed E-state index contributed by atoms with van der Waals surface area (Å²) in [5.41, 5.74) is 11.9. The molecule has 2 amide bonds. The molecule has 4 fully saturated rings. The van der Waals surface area contributed by atoms with Gasteiger partial charge in [0.05, 0.1) is 0 Å². The Bertz CT molecular complexity index is 880. The quantitative estimate of drug-likeness (QED) is 0.555. The fourth-order valence-electron chi connectivity index (χ4n) is 7.37. The van der Waals surface area contributed by atoms with Gasteiger partial charge in [-0.1, -0.05) is 0 Å². The molecule has 7 nitrogen and oxygen atoms in total. The van der Waals surface area contributed by atoms with Gasteiger partial charge >= 0.3 is 5.91 Å². The Hall–Kier alpha value is -2.25. The lowest BCUT2D eigenvalue weighted by molar-refractivity contribution is -0.744. The molecule has 0 aromatic rings. The van der Waals surface area contributed by atoms with Crippen LogP contribution in [0.2, 0.25) is 0 Å². The van der Waals surface area contributed by atoms with Crippen molar-refractivity contribution >= 4 is 17.6 Å². The molecule has 0 radical (unpaired) electrons. The largest absolute Gasteiger partial charge is 0.387 e. The second kappa shape index (κ2) is 6.89. The molecule has 4 bridgehead atoms. The molecule has 30 heavy (non-hydrogen) atoms. The van der Waals surface area contributed by atoms with Crippen molar-refractivity contribution in [2.24, 2.45) is 39.6 Å². The maximum atomic E-state index is 12.2. The second-order valence-corrected chi connectivity index (χ2v) is 10.3. The third-order valence-corrected chi connectivity index (χ3v) is 8.09. The van der Waals surface area contributed by atoms with Gasteiger partial charge in [-0.15, -0.1) is 0 Å². The van der Waals surface area contributed by atoms with E-state index in [4.69, 9.17) is 11.5 Å². The molecule has 4 saturated carbocycles. The van der Waals surface area contributed by atoms with E-state index in [1.807, 2.05) is 0 Å². The molecule has 2 atom stereocenters. The molecule has 0 saturated heterocycles. The Morgan fingerprint density at radius 3 is 2.33 bits per heavy atom. The predicted molar refractivity (Wildman–Crippen MR) is 112 cm³/mol. The van der Waals surface area contributed by atoms with E-state index in [1.165, 1.54) is 38.5 Å². The highest BCUT2D eigenvalue weighted by molar-refractivity contribution is 6.04. The number of quaternary nitrogens is 1. The summed E-state index contributed by atoms with van der Waals surface area (Å²) in [6.45, 7) is 0.223. The van der Waals surface area contributed by atoms with Crippen LogP contribution in [0.1, 0.15) is 51.4 Å². The number of aliphatic hydroxyl groups excluding tert-OH is 1. The highest BCUT2D eigenvalue weighted by Gasteiger charge is 2.51. The van der Waals surface area contributed by atoms with Gasteiger partial charge in [-0.2, -0.15) is 4.99 Å². The summed E-state index contributed by atoms with van der Waals surface area (Å²) in [6.07, 6.45) is 15.8. The maximum absolute atomic E-state index is 12.2. The minimum absolute atomic E-state index is 0.0944. The fourth-order valence-corrected chi connectivity index (χ4v) is 7.37. The van der Waals surface area contributed by atoms with E-state index >= 15 is 0 Å². The monoisotopic (exact) mass is 411 g/mol. The van der Waals surface area contributed by atoms with Gasteiger partial charge in [0, 0.05) is 12.2 Å². The zero-order valence-electron chi connectivity index (χ0n) is 17.3. The molecule has 1 unspecified atom stereocenters. The molecule has 4 aliphatic carbocycles. The van der Waals surface area contributed by atoms with Gasteiger partial charge in [-0.25, -0.2) is 4.48 Å². The van der Waals surface area contributed by atoms with Gasteiger partial charge in [-0.05, 0) is 80.6 Å². The normalized spacial score (nSPS) is 39.2. The zero-order valence-corrected chi connectivity index (χ0v) is 17.3. The molecule has 0 aromatic heterocycles. The van der Waals surface area contributed by atoms with Crippen molar-refractivity contribution in [3.63, 3.8) is 0 Å². The Morgan fingerprint density at radius 1 is 1.13 bits per heavy atom. The molecule has 6 aliphatic rings. The third-order valence-electron chi connectivity index (χ3n) is 8.09. The summed E-state index contributed by atoms with van der Waals surface area (Å²) in [6, 6.07) is 0. The van der Waals surface area contributed by atoms with Gasteiger partial charge < -0.3 is 16.6 Å². The van der Waals surface area contributed by atoms with Crippen LogP contribution in [0.4, 0.5) is 0 Å². The lowest BCUT2D eigenvalue weighted by Gasteiger charge is -2.57. The maximum Gasteiger partial charge on any atom is 0.303 e. The number of allylic oxidation sites excluding steroid dienone is 2. The smallest absolute Gasteiger partial charge is 0.303 e. The van der Waals surface area contributed by atoms with E-state index in [2.05, 4.69) is 4.99 Å². The van der Waals surface area contributed by atoms with Crippen LogP contribution in [-0.2, 0) is 9.59 Å². The first-order valence-corrected chi connectivity index (χ1v) is 11.2. The highest BCUT2D eigenvalue weighted by Crippen LogP contribution is 2.61. The molecular weight excluding hydrogens is 380 g/mol. The van der Waals surface area contributed by atoms with Crippen LogP contribution in [0.25, 0.3) is 0 Å². The summed E-state index contributed by atoms with van der Waals surface area (Å²) in [5.74, 6) is 1.88. The van der Waals surface area contributed by atoms with Crippen molar-refractivity contribution in [3.8, 4) is 0 Å². The van der Waals surface area contributed by atoms with E-state index in [9.17, 15) is 14.7 Å². The van der Waals surface area contributed by atoms with Crippen LogP contribution in [0.5, 0.6) is 0 Å². The standard InChI is InChI=1S/C23H30N4O3/c24-21(29)18-13-27(19(22(25)30)2-1-3-20(27)26-18)12-17(28)4-5-23-9-14-6-15(10-23)8-16(7-14)11-23/h1-3,13-17,28H,4-12H2,(H3-,24,25,29,30)/p+1/t14?,15?,16?,17-,23?,27?/m1/s1. The summed E-state index contributed by atoms with van der Waals surface area (Å²) in [7, 11) is 0. The fraction of sp³-hybridized carbons (Fsp3) is 0.609. The van der Waals surface area contributed by atoms with E-state index in [-0.39, 0.29) is 16.7 Å². The van der Waals surface area contributed by atoms with Crippen molar-refractivity contribution in [2.45, 2.75) is 57.5 Å². The number of amides is 2. The average molecular weight is 412 g/mol. The number of carbonyl (C=O) groups is 2. The summed E-state index contributed by atoms with van der Waals surface area (Å²) in [5, 5.41) is 11.0. The van der Waals surface area contributed by atoms with Gasteiger partial charge in [0.25, 0.3) is 5.91 Å². The number of nitrogens with two attached hydrogens (primary N) is 2. The first-order chi connectivity index (χ1) is 14.3. The Labute approximate surface area is 176 Å². The Kier molecular flexibility index (Phi) is 4.52. The molecular formula is C23H31N4O3+. The molecule has 7 heteroatoms. The molecule has 0 spiro atoms. The number of amidine groups is 1. The number of aliphatic hydroxyl groups is 1. The Balaban J connectivity index is 1.34. The topological polar surface area (TPSA) is 119 Å². The number of rotatable bonds is 7. The SMILES string of the molecule is NC(=O)C1=C[N+]2(C[C@H](O)CCC34CC5CC(CC(C5)C3)C4)C(C(N)=O)=CC=CC2=N1. The van der Waals surface area contributed by atoms with E-state index < -0.39 is 17.9 Å². The average Bonchev–Trinajstić information content (AvgIpc) is 3.04. The van der Waals surface area contributed by atoms with Crippen LogP contribution < -0.4 is 11.5 Å². The number of aliphatic imine (C=N–C) groups is 1. The zero-order chi connectivity index (χ0) is 21.1. The first kappa shape index (κ1) is 19.7. The minimum atomic E-state index is -0.658. The second-order valence-electron chi connectivity index (χ2n) is 10.3. The van der Waals surface area contributed by atoms with E-state index in [0.717, 1.165) is 24.2 Å². The number of hydrogen-bond acceptors (Lipinski definition) is 4. The Morgan fingerprint density at radius 2 is 1.77 bits per heavy atom. The number of nitrogens with zero attached hydrogens (tertiary/aromatic N) is 2. The van der Waals surface area contributed by atoms with Gasteiger partial charge in [0.1, 0.15) is 18.8 Å². The van der Waals surface area contributed by atoms with Crippen molar-refractivity contribution < 1.29 is 19.2 Å². The molecule has 2 heterocycles. The molecule has 160 valence electrons. The van der Waals surface area contributed by atoms with Crippen molar-refractivity contribution in [3.05, 3.63) is 35.8 Å². The summed E-state index contributed by atoms with van der Waals surface area (Å²) in [4.78, 5) is 28.2. The van der Waals surface area contributed by atoms with Gasteiger partial charge in [-0.3, -0.25) is 9.59 Å². The summed E-state index contributed by atoms with van der Waals surface area (Å²) < 4.78 is -0.133. The molecule has 0 aromatic carbocycles. The van der Waals surface area contributed by atoms with Crippen LogP contribution in [0, 0.1) is 23.2 Å². The lowest BCUT2D eigenvalue weighted by atomic mass is 9.48. The van der Waals surface area contributed by atoms with Crippen molar-refractivity contribution in [1.82, 2.24) is 0 Å². The number of fused-ring (bicyclic) bond motifs is 1. The molecule has 2 aliphatic heterocycles. The molecule has 5 N–H and O–H groups in total. The van der Waals surface area contributed by atoms with E-state index in [0.29, 0.717) is 23.4 Å². The number of primary amides is 2. The van der Waals surface area contributed by atoms with Crippen LogP contribution >= 0.6 is 0 Å². The van der Waals surface area contributed by atoms with Gasteiger partial charge in [0.2, 0.25) is 11.5 Å². The van der Waals surface area contributed by atoms with Crippen molar-refractivity contribution in [2.75, 3.05) is 6.54 Å². The number of hydrogen-bond donors (Lipinski definition) is 3. The van der Waals surface area contributed by atoms with Crippen LogP contribution in [-0.4, -0.2) is 39.9 Å². The molecule has 6 rings (SSSR count). The predicted octanol–water partition coefficient (Wildman–Crippen LogP) is 1.84. The first-order valence-electron chi connectivity index (χ1n) is 11.2. The minimum Gasteiger partial charge on any atom is -0.387 e. The van der Waals surface area contributed by atoms with Crippen LogP contribution in [0.3, 0.4) is 0 Å². The number of carbonyl (C=O) groups excluding carboxylic acids is 2. The lowest BCUT2D eigenvalue weighted by Crippen LogP contribution is -2.53. The van der Waals surface area contributed by atoms with E-state index in [1.54, 1.807) is 24.4 Å².